The average Bonchev–Trinajstić information content (AvgIpc) is 2.89. The van der Waals surface area contributed by atoms with E-state index < -0.39 is 0 Å². The Kier molecular flexibility index (Phi) is 7.14. The summed E-state index contributed by atoms with van der Waals surface area (Å²) >= 11 is 0. The molecule has 0 amide bonds. The van der Waals surface area contributed by atoms with Gasteiger partial charge in [-0.15, -0.1) is 0 Å². The minimum atomic E-state index is -0.0408. The molecule has 1 saturated heterocycles. The molecule has 1 N–H and O–H groups in total. The van der Waals surface area contributed by atoms with Crippen LogP contribution in [-0.2, 0) is 26.1 Å². The molecule has 2 aliphatic rings. The van der Waals surface area contributed by atoms with Gasteiger partial charge >= 0.3 is 0 Å². The number of piperazine rings is 1. The molecule has 5 rings (SSSR count). The van der Waals surface area contributed by atoms with Crippen LogP contribution in [-0.4, -0.2) is 54.4 Å². The fourth-order valence-electron chi connectivity index (χ4n) is 5.14. The predicted molar refractivity (Wildman–Crippen MR) is 137 cm³/mol. The highest BCUT2D eigenvalue weighted by atomic mass is 16.5. The molecule has 0 aliphatic carbocycles. The smallest absolute Gasteiger partial charge is 0.153 e. The Labute approximate surface area is 203 Å². The SMILES string of the molecule is CN1CCN(c2ccc(CO)c3c2CCC(N(Cc2ccccc2)Cc2ccccc2)O3)CC1. The first kappa shape index (κ1) is 22.9. The Balaban J connectivity index is 1.42. The van der Waals surface area contributed by atoms with Gasteiger partial charge in [0.05, 0.1) is 6.61 Å². The van der Waals surface area contributed by atoms with Gasteiger partial charge in [0.25, 0.3) is 0 Å². The van der Waals surface area contributed by atoms with Crippen molar-refractivity contribution in [1.29, 1.82) is 0 Å². The molecule has 0 bridgehead atoms. The molecule has 2 heterocycles. The molecule has 0 spiro atoms. The molecular weight excluding hydrogens is 422 g/mol. The Hall–Kier alpha value is -2.86. The van der Waals surface area contributed by atoms with Crippen LogP contribution >= 0.6 is 0 Å². The summed E-state index contributed by atoms with van der Waals surface area (Å²) in [5, 5.41) is 10.1. The second kappa shape index (κ2) is 10.6. The number of hydrogen-bond donors (Lipinski definition) is 1. The monoisotopic (exact) mass is 457 g/mol. The van der Waals surface area contributed by atoms with Crippen molar-refractivity contribution in [3.63, 3.8) is 0 Å². The number of ether oxygens (including phenoxy) is 1. The standard InChI is InChI=1S/C29H35N3O2/c1-30-16-18-31(19-17-30)27-14-12-25(22-33)29-26(27)13-15-28(34-29)32(20-23-8-4-2-5-9-23)21-24-10-6-3-7-11-24/h2-12,14,28,33H,13,15-22H2,1H3. The number of aliphatic hydroxyl groups is 1. The van der Waals surface area contributed by atoms with E-state index in [1.54, 1.807) is 0 Å². The highest BCUT2D eigenvalue weighted by Crippen LogP contribution is 2.39. The lowest BCUT2D eigenvalue weighted by molar-refractivity contribution is -0.00363. The predicted octanol–water partition coefficient (Wildman–Crippen LogP) is 4.28. The first-order valence-corrected chi connectivity index (χ1v) is 12.4. The van der Waals surface area contributed by atoms with Crippen LogP contribution in [0.4, 0.5) is 5.69 Å². The van der Waals surface area contributed by atoms with Gasteiger partial charge in [-0.25, -0.2) is 0 Å². The molecule has 5 nitrogen and oxygen atoms in total. The number of benzene rings is 3. The van der Waals surface area contributed by atoms with E-state index in [1.807, 2.05) is 6.07 Å². The highest BCUT2D eigenvalue weighted by Gasteiger charge is 2.30. The van der Waals surface area contributed by atoms with E-state index in [-0.39, 0.29) is 12.8 Å². The van der Waals surface area contributed by atoms with Crippen molar-refractivity contribution < 1.29 is 9.84 Å². The number of nitrogens with zero attached hydrogens (tertiary/aromatic N) is 3. The van der Waals surface area contributed by atoms with E-state index in [2.05, 4.69) is 88.5 Å². The molecule has 3 aromatic rings. The lowest BCUT2D eigenvalue weighted by Gasteiger charge is -2.40. The van der Waals surface area contributed by atoms with Crippen LogP contribution in [0, 0.1) is 0 Å². The van der Waals surface area contributed by atoms with Crippen molar-refractivity contribution in [3.8, 4) is 5.75 Å². The number of anilines is 1. The lowest BCUT2D eigenvalue weighted by Crippen LogP contribution is -2.45. The summed E-state index contributed by atoms with van der Waals surface area (Å²) in [7, 11) is 2.18. The number of fused-ring (bicyclic) bond motifs is 1. The van der Waals surface area contributed by atoms with Crippen molar-refractivity contribution in [1.82, 2.24) is 9.80 Å². The quantitative estimate of drug-likeness (QED) is 0.573. The maximum atomic E-state index is 10.1. The lowest BCUT2D eigenvalue weighted by atomic mass is 9.97. The molecule has 0 aromatic heterocycles. The van der Waals surface area contributed by atoms with Crippen LogP contribution in [0.3, 0.4) is 0 Å². The van der Waals surface area contributed by atoms with Crippen LogP contribution in [0.2, 0.25) is 0 Å². The summed E-state index contributed by atoms with van der Waals surface area (Å²) in [5.41, 5.74) is 5.97. The van der Waals surface area contributed by atoms with Gasteiger partial charge in [-0.3, -0.25) is 4.90 Å². The topological polar surface area (TPSA) is 39.2 Å². The van der Waals surface area contributed by atoms with Crippen LogP contribution in [0.5, 0.6) is 5.75 Å². The largest absolute Gasteiger partial charge is 0.474 e. The van der Waals surface area contributed by atoms with Crippen molar-refractivity contribution >= 4 is 5.69 Å². The molecule has 2 aliphatic heterocycles. The van der Waals surface area contributed by atoms with E-state index in [9.17, 15) is 5.11 Å². The summed E-state index contributed by atoms with van der Waals surface area (Å²) in [6, 6.07) is 25.5. The fourth-order valence-corrected chi connectivity index (χ4v) is 5.14. The van der Waals surface area contributed by atoms with Gasteiger partial charge in [0, 0.05) is 62.5 Å². The van der Waals surface area contributed by atoms with Crippen molar-refractivity contribution in [2.24, 2.45) is 0 Å². The summed E-state index contributed by atoms with van der Waals surface area (Å²) in [6.45, 7) is 5.84. The second-order valence-electron chi connectivity index (χ2n) is 9.49. The molecule has 0 saturated carbocycles. The van der Waals surface area contributed by atoms with Gasteiger partial charge in [0.1, 0.15) is 5.75 Å². The Bertz CT molecular complexity index is 1020. The maximum Gasteiger partial charge on any atom is 0.153 e. The molecule has 34 heavy (non-hydrogen) atoms. The normalized spacial score (nSPS) is 18.6. The van der Waals surface area contributed by atoms with E-state index in [0.29, 0.717) is 0 Å². The molecule has 178 valence electrons. The van der Waals surface area contributed by atoms with E-state index in [0.717, 1.165) is 63.4 Å². The maximum absolute atomic E-state index is 10.1. The van der Waals surface area contributed by atoms with Crippen molar-refractivity contribution in [2.75, 3.05) is 38.1 Å². The third-order valence-electron chi connectivity index (χ3n) is 7.09. The minimum absolute atomic E-state index is 0.00452. The molecule has 3 aromatic carbocycles. The summed E-state index contributed by atoms with van der Waals surface area (Å²) in [5.74, 6) is 0.890. The Morgan fingerprint density at radius 3 is 2.06 bits per heavy atom. The molecule has 1 fully saturated rings. The van der Waals surface area contributed by atoms with E-state index in [4.69, 9.17) is 4.74 Å². The summed E-state index contributed by atoms with van der Waals surface area (Å²) in [6.07, 6.45) is 1.85. The average molecular weight is 458 g/mol. The van der Waals surface area contributed by atoms with Crippen molar-refractivity contribution in [2.45, 2.75) is 38.8 Å². The van der Waals surface area contributed by atoms with Gasteiger partial charge in [-0.2, -0.15) is 0 Å². The van der Waals surface area contributed by atoms with Gasteiger partial charge in [0.15, 0.2) is 6.23 Å². The molecular formula is C29H35N3O2. The van der Waals surface area contributed by atoms with Crippen LogP contribution in [0.1, 0.15) is 28.7 Å². The third kappa shape index (κ3) is 5.12. The Morgan fingerprint density at radius 2 is 1.47 bits per heavy atom. The van der Waals surface area contributed by atoms with Gasteiger partial charge in [-0.1, -0.05) is 66.7 Å². The Morgan fingerprint density at radius 1 is 0.853 bits per heavy atom. The van der Waals surface area contributed by atoms with Crippen LogP contribution < -0.4 is 9.64 Å². The minimum Gasteiger partial charge on any atom is -0.474 e. The van der Waals surface area contributed by atoms with Crippen molar-refractivity contribution in [3.05, 3.63) is 95.1 Å². The third-order valence-corrected chi connectivity index (χ3v) is 7.09. The number of likely N-dealkylation sites (N-methyl/N-ethyl adjacent to an activating group) is 1. The molecule has 1 atom stereocenters. The molecule has 1 unspecified atom stereocenters. The van der Waals surface area contributed by atoms with Crippen LogP contribution in [0.15, 0.2) is 72.8 Å². The van der Waals surface area contributed by atoms with E-state index >= 15 is 0 Å². The first-order chi connectivity index (χ1) is 16.7. The molecule has 0 radical (unpaired) electrons. The van der Waals surface area contributed by atoms with Crippen LogP contribution in [0.25, 0.3) is 0 Å². The van der Waals surface area contributed by atoms with E-state index in [1.165, 1.54) is 22.4 Å². The first-order valence-electron chi connectivity index (χ1n) is 12.4. The zero-order valence-corrected chi connectivity index (χ0v) is 20.1. The zero-order chi connectivity index (χ0) is 23.3. The number of rotatable bonds is 7. The number of hydrogen-bond acceptors (Lipinski definition) is 5. The highest BCUT2D eigenvalue weighted by molar-refractivity contribution is 5.63. The second-order valence-corrected chi connectivity index (χ2v) is 9.49. The number of aliphatic hydroxyl groups excluding tert-OH is 1. The van der Waals surface area contributed by atoms with Gasteiger partial charge in [0.2, 0.25) is 0 Å². The van der Waals surface area contributed by atoms with Gasteiger partial charge < -0.3 is 19.6 Å². The van der Waals surface area contributed by atoms with Gasteiger partial charge in [-0.05, 0) is 30.7 Å². The fraction of sp³-hybridized carbons (Fsp3) is 0.379. The molecule has 5 heteroatoms. The summed E-state index contributed by atoms with van der Waals surface area (Å²) in [4.78, 5) is 7.29. The summed E-state index contributed by atoms with van der Waals surface area (Å²) < 4.78 is 6.74. The zero-order valence-electron chi connectivity index (χ0n) is 20.1.